The summed E-state index contributed by atoms with van der Waals surface area (Å²) < 4.78 is 14.6. The molecule has 2 heterocycles. The van der Waals surface area contributed by atoms with Gasteiger partial charge >= 0.3 is 0 Å². The Hall–Kier alpha value is -4.36. The molecule has 7 nitrogen and oxygen atoms in total. The molecule has 0 fully saturated rings. The van der Waals surface area contributed by atoms with Crippen LogP contribution in [0.15, 0.2) is 85.2 Å². The Balaban J connectivity index is 1.87. The van der Waals surface area contributed by atoms with Crippen molar-refractivity contribution in [2.24, 2.45) is 0 Å². The summed E-state index contributed by atoms with van der Waals surface area (Å²) in [6, 6.07) is 26.1. The van der Waals surface area contributed by atoms with Crippen LogP contribution in [0.3, 0.4) is 0 Å². The van der Waals surface area contributed by atoms with E-state index in [4.69, 9.17) is 19.9 Å². The van der Waals surface area contributed by atoms with E-state index < -0.39 is 0 Å². The highest BCUT2D eigenvalue weighted by atomic mass is 16.5. The molecular formula is C29H28N4O3. The predicted molar refractivity (Wildman–Crippen MR) is 140 cm³/mol. The van der Waals surface area contributed by atoms with Gasteiger partial charge in [-0.25, -0.2) is 4.98 Å². The van der Waals surface area contributed by atoms with E-state index in [9.17, 15) is 5.11 Å². The number of nitrogens with zero attached hydrogens (tertiary/aromatic N) is 3. The maximum Gasteiger partial charge on any atom is 0.146 e. The summed E-state index contributed by atoms with van der Waals surface area (Å²) in [5.41, 5.74) is 5.98. The lowest BCUT2D eigenvalue weighted by molar-refractivity contribution is 0.273. The molecule has 0 aliphatic rings. The van der Waals surface area contributed by atoms with Gasteiger partial charge in [-0.2, -0.15) is 0 Å². The third-order valence-corrected chi connectivity index (χ3v) is 6.35. The molecule has 5 rings (SSSR count). The Morgan fingerprint density at radius 3 is 2.03 bits per heavy atom. The van der Waals surface area contributed by atoms with Crippen molar-refractivity contribution in [2.45, 2.75) is 13.1 Å². The van der Waals surface area contributed by atoms with Crippen LogP contribution in [0, 0.1) is 5.41 Å². The van der Waals surface area contributed by atoms with Gasteiger partial charge in [-0.15, -0.1) is 0 Å². The van der Waals surface area contributed by atoms with Gasteiger partial charge in [0, 0.05) is 18.7 Å². The average Bonchev–Trinajstić information content (AvgIpc) is 3.25. The summed E-state index contributed by atoms with van der Waals surface area (Å²) in [4.78, 5) is 4.80. The Labute approximate surface area is 209 Å². The Bertz CT molecular complexity index is 1540. The number of aromatic nitrogens is 3. The van der Waals surface area contributed by atoms with Crippen molar-refractivity contribution in [1.82, 2.24) is 14.1 Å². The van der Waals surface area contributed by atoms with Gasteiger partial charge in [0.25, 0.3) is 0 Å². The molecule has 182 valence electrons. The van der Waals surface area contributed by atoms with Crippen LogP contribution < -0.4 is 15.0 Å². The van der Waals surface area contributed by atoms with Gasteiger partial charge in [0.15, 0.2) is 0 Å². The summed E-state index contributed by atoms with van der Waals surface area (Å²) in [6.07, 6.45) is 1.64. The van der Waals surface area contributed by atoms with E-state index in [0.29, 0.717) is 18.6 Å². The van der Waals surface area contributed by atoms with Crippen LogP contribution in [0.4, 0.5) is 0 Å². The molecule has 2 aromatic heterocycles. The lowest BCUT2D eigenvalue weighted by atomic mass is 9.98. The van der Waals surface area contributed by atoms with E-state index in [1.54, 1.807) is 25.1 Å². The maximum absolute atomic E-state index is 9.58. The minimum Gasteiger partial charge on any atom is -0.497 e. The lowest BCUT2D eigenvalue weighted by Gasteiger charge is -2.13. The summed E-state index contributed by atoms with van der Waals surface area (Å²) in [5, 5.41) is 19.4. The summed E-state index contributed by atoms with van der Waals surface area (Å²) in [6.45, 7) is 0.814. The zero-order valence-corrected chi connectivity index (χ0v) is 20.3. The van der Waals surface area contributed by atoms with E-state index in [2.05, 4.69) is 16.7 Å². The van der Waals surface area contributed by atoms with Crippen LogP contribution in [0.5, 0.6) is 11.5 Å². The third-order valence-electron chi connectivity index (χ3n) is 6.35. The molecule has 2 N–H and O–H groups in total. The van der Waals surface area contributed by atoms with Crippen LogP contribution >= 0.6 is 0 Å². The molecule has 0 amide bonds. The van der Waals surface area contributed by atoms with Crippen molar-refractivity contribution in [1.29, 1.82) is 5.41 Å². The quantitative estimate of drug-likeness (QED) is 0.337. The SMILES string of the molecule is COc1ccc(-c2c(-c3ccc(OC)cc3)n(Cc3ccccc3)c3ncn(CCO)c(=N)c23)cc1. The number of benzene rings is 3. The van der Waals surface area contributed by atoms with Crippen molar-refractivity contribution in [3.8, 4) is 33.9 Å². The Morgan fingerprint density at radius 1 is 0.833 bits per heavy atom. The molecule has 0 aliphatic heterocycles. The van der Waals surface area contributed by atoms with Gasteiger partial charge in [-0.05, 0) is 53.1 Å². The number of methoxy groups -OCH3 is 2. The Morgan fingerprint density at radius 2 is 1.44 bits per heavy atom. The van der Waals surface area contributed by atoms with Crippen molar-refractivity contribution >= 4 is 11.0 Å². The number of aliphatic hydroxyl groups is 1. The molecule has 0 aliphatic carbocycles. The fraction of sp³-hybridized carbons (Fsp3) is 0.172. The van der Waals surface area contributed by atoms with Gasteiger partial charge in [-0.3, -0.25) is 5.41 Å². The van der Waals surface area contributed by atoms with E-state index in [-0.39, 0.29) is 6.61 Å². The molecule has 0 radical (unpaired) electrons. The molecule has 3 aromatic carbocycles. The first-order valence-electron chi connectivity index (χ1n) is 11.7. The van der Waals surface area contributed by atoms with Crippen LogP contribution in [0.2, 0.25) is 0 Å². The van der Waals surface area contributed by atoms with Crippen molar-refractivity contribution < 1.29 is 14.6 Å². The molecule has 0 saturated carbocycles. The molecule has 7 heteroatoms. The highest BCUT2D eigenvalue weighted by molar-refractivity contribution is 6.02. The van der Waals surface area contributed by atoms with E-state index >= 15 is 0 Å². The minimum atomic E-state index is -0.0718. The molecule has 0 bridgehead atoms. The summed E-state index contributed by atoms with van der Waals surface area (Å²) in [7, 11) is 3.30. The van der Waals surface area contributed by atoms with Crippen LogP contribution in [-0.2, 0) is 13.1 Å². The maximum atomic E-state index is 9.58. The molecule has 0 spiro atoms. The number of nitrogens with one attached hydrogen (secondary N) is 1. The number of aliphatic hydroxyl groups excluding tert-OH is 1. The zero-order chi connectivity index (χ0) is 25.1. The second-order valence-corrected chi connectivity index (χ2v) is 8.46. The van der Waals surface area contributed by atoms with Crippen LogP contribution in [-0.4, -0.2) is 40.1 Å². The second-order valence-electron chi connectivity index (χ2n) is 8.46. The first kappa shape index (κ1) is 23.4. The minimum absolute atomic E-state index is 0.0718. The fourth-order valence-corrected chi connectivity index (χ4v) is 4.58. The standard InChI is InChI=1S/C29H28N4O3/c1-35-23-12-8-21(9-13-23)25-26-28(30)32(16-17-34)19-31-29(26)33(18-20-6-4-3-5-7-20)27(25)22-10-14-24(36-2)15-11-22/h3-15,19,30,34H,16-18H2,1-2H3. The van der Waals surface area contributed by atoms with Gasteiger partial charge in [0.05, 0.1) is 38.2 Å². The fourth-order valence-electron chi connectivity index (χ4n) is 4.58. The van der Waals surface area contributed by atoms with Crippen molar-refractivity contribution in [2.75, 3.05) is 20.8 Å². The van der Waals surface area contributed by atoms with Gasteiger partial charge in [0.1, 0.15) is 22.6 Å². The Kier molecular flexibility index (Phi) is 6.56. The predicted octanol–water partition coefficient (Wildman–Crippen LogP) is 4.71. The van der Waals surface area contributed by atoms with Crippen LogP contribution in [0.1, 0.15) is 5.56 Å². The molecule has 0 saturated heterocycles. The van der Waals surface area contributed by atoms with Crippen molar-refractivity contribution in [3.05, 3.63) is 96.2 Å². The number of fused-ring (bicyclic) bond motifs is 1. The highest BCUT2D eigenvalue weighted by Crippen LogP contribution is 2.40. The summed E-state index contributed by atoms with van der Waals surface area (Å²) in [5.74, 6) is 1.54. The molecule has 36 heavy (non-hydrogen) atoms. The largest absolute Gasteiger partial charge is 0.497 e. The smallest absolute Gasteiger partial charge is 0.146 e. The molecule has 5 aromatic rings. The second kappa shape index (κ2) is 10.1. The van der Waals surface area contributed by atoms with E-state index in [0.717, 1.165) is 50.5 Å². The number of hydrogen-bond donors (Lipinski definition) is 2. The van der Waals surface area contributed by atoms with Gasteiger partial charge in [0.2, 0.25) is 0 Å². The highest BCUT2D eigenvalue weighted by Gasteiger charge is 2.23. The number of hydrogen-bond acceptors (Lipinski definition) is 5. The third kappa shape index (κ3) is 4.25. The normalized spacial score (nSPS) is 11.1. The number of rotatable bonds is 8. The van der Waals surface area contributed by atoms with Crippen LogP contribution in [0.25, 0.3) is 33.4 Å². The van der Waals surface area contributed by atoms with Crippen molar-refractivity contribution in [3.63, 3.8) is 0 Å². The monoisotopic (exact) mass is 480 g/mol. The number of ether oxygens (including phenoxy) is 2. The first-order valence-corrected chi connectivity index (χ1v) is 11.7. The molecule has 0 unspecified atom stereocenters. The first-order chi connectivity index (χ1) is 17.6. The lowest BCUT2D eigenvalue weighted by Crippen LogP contribution is -2.22. The van der Waals surface area contributed by atoms with E-state index in [1.807, 2.05) is 66.7 Å². The zero-order valence-electron chi connectivity index (χ0n) is 20.3. The van der Waals surface area contributed by atoms with Gasteiger partial charge in [-0.1, -0.05) is 42.5 Å². The molecule has 0 atom stereocenters. The average molecular weight is 481 g/mol. The summed E-state index contributed by atoms with van der Waals surface area (Å²) >= 11 is 0. The van der Waals surface area contributed by atoms with Gasteiger partial charge < -0.3 is 23.7 Å². The topological polar surface area (TPSA) is 85.3 Å². The van der Waals surface area contributed by atoms with E-state index in [1.165, 1.54) is 0 Å². The molecular weight excluding hydrogens is 452 g/mol.